The third-order valence-corrected chi connectivity index (χ3v) is 5.23. The fourth-order valence-electron chi connectivity index (χ4n) is 3.72. The van der Waals surface area contributed by atoms with E-state index >= 15 is 0 Å². The van der Waals surface area contributed by atoms with Gasteiger partial charge in [-0.25, -0.2) is 0 Å². The first-order chi connectivity index (χ1) is 14.6. The highest BCUT2D eigenvalue weighted by Gasteiger charge is 2.35. The Balaban J connectivity index is 1.52. The van der Waals surface area contributed by atoms with E-state index < -0.39 is 0 Å². The minimum atomic E-state index is -0.302. The Morgan fingerprint density at radius 1 is 1.20 bits per heavy atom. The molecule has 1 fully saturated rings. The maximum atomic E-state index is 12.9. The molecule has 2 heterocycles. The zero-order valence-corrected chi connectivity index (χ0v) is 16.9. The third-order valence-electron chi connectivity index (χ3n) is 5.23. The Morgan fingerprint density at radius 2 is 2.00 bits per heavy atom. The van der Waals surface area contributed by atoms with Crippen molar-refractivity contribution in [1.82, 2.24) is 15.0 Å². The molecule has 3 aromatic rings. The molecule has 4 rings (SSSR count). The summed E-state index contributed by atoms with van der Waals surface area (Å²) >= 11 is 0. The average Bonchev–Trinajstić information content (AvgIpc) is 3.43. The largest absolute Gasteiger partial charge is 0.507 e. The predicted molar refractivity (Wildman–Crippen MR) is 108 cm³/mol. The van der Waals surface area contributed by atoms with Gasteiger partial charge in [0.15, 0.2) is 17.3 Å². The highest BCUT2D eigenvalue weighted by Crippen LogP contribution is 2.34. The summed E-state index contributed by atoms with van der Waals surface area (Å²) in [4.78, 5) is 19.1. The second-order valence-electron chi connectivity index (χ2n) is 7.09. The lowest BCUT2D eigenvalue weighted by Crippen LogP contribution is -2.30. The molecule has 0 unspecified atom stereocenters. The summed E-state index contributed by atoms with van der Waals surface area (Å²) in [5, 5.41) is 14.1. The number of ether oxygens (including phenoxy) is 2. The molecular formula is C22H23N3O5. The van der Waals surface area contributed by atoms with Crippen LogP contribution in [0, 0.1) is 0 Å². The van der Waals surface area contributed by atoms with Crippen molar-refractivity contribution < 1.29 is 23.9 Å². The summed E-state index contributed by atoms with van der Waals surface area (Å²) < 4.78 is 16.1. The van der Waals surface area contributed by atoms with E-state index in [2.05, 4.69) is 10.1 Å². The number of phenols is 1. The lowest BCUT2D eigenvalue weighted by atomic mass is 10.1. The van der Waals surface area contributed by atoms with Crippen LogP contribution < -0.4 is 9.47 Å². The number of aromatic hydroxyl groups is 1. The van der Waals surface area contributed by atoms with Gasteiger partial charge in [-0.3, -0.25) is 4.79 Å². The van der Waals surface area contributed by atoms with E-state index in [9.17, 15) is 9.90 Å². The second-order valence-corrected chi connectivity index (χ2v) is 7.09. The minimum absolute atomic E-state index is 0.0344. The van der Waals surface area contributed by atoms with Crippen LogP contribution in [0.1, 0.15) is 46.5 Å². The highest BCUT2D eigenvalue weighted by molar-refractivity contribution is 5.97. The molecule has 1 saturated heterocycles. The molecule has 1 N–H and O–H groups in total. The van der Waals surface area contributed by atoms with Crippen molar-refractivity contribution in [2.45, 2.75) is 25.3 Å². The van der Waals surface area contributed by atoms with Crippen molar-refractivity contribution in [3.8, 4) is 17.2 Å². The van der Waals surface area contributed by atoms with Gasteiger partial charge in [0.2, 0.25) is 5.89 Å². The van der Waals surface area contributed by atoms with Gasteiger partial charge in [-0.15, -0.1) is 0 Å². The number of phenolic OH excluding ortho intramolecular Hbond substituents is 1. The summed E-state index contributed by atoms with van der Waals surface area (Å²) in [6.45, 7) is 0.575. The molecule has 0 saturated carbocycles. The highest BCUT2D eigenvalue weighted by atomic mass is 16.5. The first-order valence-corrected chi connectivity index (χ1v) is 9.73. The first-order valence-electron chi connectivity index (χ1n) is 9.73. The Hall–Kier alpha value is -3.55. The van der Waals surface area contributed by atoms with E-state index in [1.54, 1.807) is 37.3 Å². The lowest BCUT2D eigenvalue weighted by molar-refractivity contribution is 0.0707. The normalized spacial score (nSPS) is 15.9. The number of carbonyl (C=O) groups is 1. The molecule has 0 bridgehead atoms. The van der Waals surface area contributed by atoms with Crippen molar-refractivity contribution in [3.05, 3.63) is 65.3 Å². The van der Waals surface area contributed by atoms with Gasteiger partial charge in [-0.1, -0.05) is 23.4 Å². The molecule has 8 nitrogen and oxygen atoms in total. The number of para-hydroxylation sites is 1. The van der Waals surface area contributed by atoms with Gasteiger partial charge in [0.05, 0.1) is 19.8 Å². The summed E-state index contributed by atoms with van der Waals surface area (Å²) in [6, 6.07) is 11.9. The topological polar surface area (TPSA) is 97.9 Å². The van der Waals surface area contributed by atoms with Gasteiger partial charge in [0.25, 0.3) is 5.91 Å². The molecule has 1 atom stereocenters. The average molecular weight is 409 g/mol. The first kappa shape index (κ1) is 19.8. The summed E-state index contributed by atoms with van der Waals surface area (Å²) in [7, 11) is 3.18. The van der Waals surface area contributed by atoms with Crippen LogP contribution in [0.3, 0.4) is 0 Å². The molecule has 2 aromatic carbocycles. The van der Waals surface area contributed by atoms with Crippen molar-refractivity contribution in [2.75, 3.05) is 20.8 Å². The maximum absolute atomic E-state index is 12.9. The molecule has 1 amide bonds. The fraction of sp³-hybridized carbons (Fsp3) is 0.318. The molecule has 30 heavy (non-hydrogen) atoms. The van der Waals surface area contributed by atoms with Gasteiger partial charge < -0.3 is 24.0 Å². The van der Waals surface area contributed by atoms with E-state index in [4.69, 9.17) is 14.0 Å². The summed E-state index contributed by atoms with van der Waals surface area (Å²) in [6.07, 6.45) is 2.03. The van der Waals surface area contributed by atoms with Crippen molar-refractivity contribution in [3.63, 3.8) is 0 Å². The van der Waals surface area contributed by atoms with Crippen LogP contribution in [-0.4, -0.2) is 46.8 Å². The van der Waals surface area contributed by atoms with Crippen LogP contribution in [0.15, 0.2) is 47.0 Å². The van der Waals surface area contributed by atoms with E-state index in [1.165, 1.54) is 6.07 Å². The number of nitrogens with zero attached hydrogens (tertiary/aromatic N) is 3. The van der Waals surface area contributed by atoms with Gasteiger partial charge >= 0.3 is 0 Å². The second kappa shape index (κ2) is 8.44. The Labute approximate surface area is 174 Å². The molecule has 1 aliphatic rings. The Kier molecular flexibility index (Phi) is 5.56. The van der Waals surface area contributed by atoms with E-state index in [0.717, 1.165) is 18.4 Å². The molecule has 8 heteroatoms. The standard InChI is InChI=1S/C22H23N3O5/c1-28-18-10-9-14(12-19(18)29-2)13-20-23-21(30-24-20)16-7-5-11-25(16)22(27)15-6-3-4-8-17(15)26/h3-4,6,8-10,12,16,26H,5,7,11,13H2,1-2H3/t16-/m1/s1. The smallest absolute Gasteiger partial charge is 0.258 e. The SMILES string of the molecule is COc1ccc(Cc2noc([C@H]3CCCN3C(=O)c3ccccc3O)n2)cc1OC. The van der Waals surface area contributed by atoms with Crippen molar-refractivity contribution >= 4 is 5.91 Å². The molecule has 0 aliphatic carbocycles. The van der Waals surface area contributed by atoms with Gasteiger partial charge in [0, 0.05) is 13.0 Å². The number of likely N-dealkylation sites (tertiary alicyclic amines) is 1. The van der Waals surface area contributed by atoms with Crippen LogP contribution in [0.25, 0.3) is 0 Å². The van der Waals surface area contributed by atoms with Crippen LogP contribution in [0.5, 0.6) is 17.2 Å². The molecular weight excluding hydrogens is 386 g/mol. The number of carbonyl (C=O) groups excluding carboxylic acids is 1. The molecule has 0 radical (unpaired) electrons. The third kappa shape index (κ3) is 3.80. The van der Waals surface area contributed by atoms with Crippen LogP contribution in [0.4, 0.5) is 0 Å². The molecule has 156 valence electrons. The molecule has 0 spiro atoms. The number of aromatic nitrogens is 2. The minimum Gasteiger partial charge on any atom is -0.507 e. The van der Waals surface area contributed by atoms with Crippen molar-refractivity contribution in [2.24, 2.45) is 0 Å². The Bertz CT molecular complexity index is 1050. The Morgan fingerprint density at radius 3 is 2.77 bits per heavy atom. The number of rotatable bonds is 6. The summed E-state index contributed by atoms with van der Waals surface area (Å²) in [5.41, 5.74) is 1.23. The van der Waals surface area contributed by atoms with Gasteiger partial charge in [-0.2, -0.15) is 4.98 Å². The number of hydrogen-bond donors (Lipinski definition) is 1. The maximum Gasteiger partial charge on any atom is 0.258 e. The van der Waals surface area contributed by atoms with Crippen molar-refractivity contribution in [1.29, 1.82) is 0 Å². The van der Waals surface area contributed by atoms with Gasteiger partial charge in [-0.05, 0) is 42.7 Å². The van der Waals surface area contributed by atoms with E-state index in [0.29, 0.717) is 36.2 Å². The predicted octanol–water partition coefficient (Wildman–Crippen LogP) is 3.36. The number of hydrogen-bond acceptors (Lipinski definition) is 7. The number of amides is 1. The monoisotopic (exact) mass is 409 g/mol. The number of methoxy groups -OCH3 is 2. The van der Waals surface area contributed by atoms with Crippen LogP contribution in [0.2, 0.25) is 0 Å². The number of benzene rings is 2. The van der Waals surface area contributed by atoms with Crippen LogP contribution in [-0.2, 0) is 6.42 Å². The summed E-state index contributed by atoms with van der Waals surface area (Å²) in [5.74, 6) is 1.95. The quantitative estimate of drug-likeness (QED) is 0.667. The zero-order valence-electron chi connectivity index (χ0n) is 16.9. The van der Waals surface area contributed by atoms with Gasteiger partial charge in [0.1, 0.15) is 11.8 Å². The zero-order chi connectivity index (χ0) is 21.1. The van der Waals surface area contributed by atoms with E-state index in [1.807, 2.05) is 18.2 Å². The van der Waals surface area contributed by atoms with Crippen LogP contribution >= 0.6 is 0 Å². The van der Waals surface area contributed by atoms with E-state index in [-0.39, 0.29) is 23.3 Å². The molecule has 1 aliphatic heterocycles. The lowest BCUT2D eigenvalue weighted by Gasteiger charge is -2.22. The fourth-order valence-corrected chi connectivity index (χ4v) is 3.72. The molecule has 1 aromatic heterocycles.